The average molecular weight is 332 g/mol. The molecular weight excluding hydrogens is 314 g/mol. The Morgan fingerprint density at radius 3 is 2.67 bits per heavy atom. The van der Waals surface area contributed by atoms with Gasteiger partial charge < -0.3 is 10.6 Å². The van der Waals surface area contributed by atoms with E-state index in [9.17, 15) is 14.9 Å². The van der Waals surface area contributed by atoms with Crippen LogP contribution in [0.5, 0.6) is 0 Å². The van der Waals surface area contributed by atoms with Crippen molar-refractivity contribution in [3.63, 3.8) is 0 Å². The van der Waals surface area contributed by atoms with Crippen molar-refractivity contribution in [1.29, 1.82) is 0 Å². The Kier molecular flexibility index (Phi) is 6.94. The van der Waals surface area contributed by atoms with Gasteiger partial charge in [-0.2, -0.15) is 0 Å². The summed E-state index contributed by atoms with van der Waals surface area (Å²) in [6.45, 7) is 3.60. The molecule has 1 aromatic carbocycles. The molecule has 0 aromatic heterocycles. The predicted octanol–water partition coefficient (Wildman–Crippen LogP) is 1.98. The van der Waals surface area contributed by atoms with Crippen molar-refractivity contribution < 1.29 is 9.72 Å². The highest BCUT2D eigenvalue weighted by Crippen LogP contribution is 2.25. The summed E-state index contributed by atoms with van der Waals surface area (Å²) in [5.41, 5.74) is 0.0588. The Morgan fingerprint density at radius 2 is 2.14 bits per heavy atom. The third-order valence-corrected chi connectivity index (χ3v) is 4.25. The number of hydrogen-bond acceptors (Lipinski definition) is 5. The van der Waals surface area contributed by atoms with Gasteiger partial charge in [0.2, 0.25) is 5.91 Å². The second-order valence-electron chi connectivity index (χ2n) is 4.71. The summed E-state index contributed by atoms with van der Waals surface area (Å²) in [5, 5.41) is 16.5. The highest BCUT2D eigenvalue weighted by molar-refractivity contribution is 8.00. The molecule has 0 radical (unpaired) electrons. The molecule has 6 nitrogen and oxygen atoms in total. The molecule has 116 valence electrons. The third-order valence-electron chi connectivity index (χ3n) is 3.14. The van der Waals surface area contributed by atoms with Crippen molar-refractivity contribution in [2.45, 2.75) is 29.5 Å². The molecule has 1 saturated heterocycles. The Bertz CT molecular complexity index is 492. The van der Waals surface area contributed by atoms with E-state index in [1.54, 1.807) is 12.1 Å². The molecule has 2 rings (SSSR count). The number of non-ortho nitro benzene ring substituents is 1. The smallest absolute Gasteiger partial charge is 0.269 e. The van der Waals surface area contributed by atoms with E-state index in [1.807, 2.05) is 6.92 Å². The summed E-state index contributed by atoms with van der Waals surface area (Å²) in [6.07, 6.45) is 0.959. The van der Waals surface area contributed by atoms with Gasteiger partial charge >= 0.3 is 0 Å². The first-order chi connectivity index (χ1) is 9.56. The second-order valence-corrected chi connectivity index (χ2v) is 6.12. The van der Waals surface area contributed by atoms with Gasteiger partial charge in [-0.1, -0.05) is 0 Å². The van der Waals surface area contributed by atoms with E-state index in [-0.39, 0.29) is 35.3 Å². The van der Waals surface area contributed by atoms with E-state index in [0.717, 1.165) is 24.4 Å². The minimum absolute atomic E-state index is 0. The van der Waals surface area contributed by atoms with Crippen molar-refractivity contribution in [1.82, 2.24) is 10.6 Å². The molecule has 1 heterocycles. The summed E-state index contributed by atoms with van der Waals surface area (Å²) in [4.78, 5) is 23.0. The molecule has 2 N–H and O–H groups in total. The van der Waals surface area contributed by atoms with E-state index in [1.165, 1.54) is 23.9 Å². The fourth-order valence-corrected chi connectivity index (χ4v) is 2.88. The largest absolute Gasteiger partial charge is 0.351 e. The zero-order valence-corrected chi connectivity index (χ0v) is 13.2. The Morgan fingerprint density at radius 1 is 1.48 bits per heavy atom. The Balaban J connectivity index is 0.00000220. The van der Waals surface area contributed by atoms with Crippen LogP contribution in [0.1, 0.15) is 13.3 Å². The van der Waals surface area contributed by atoms with Crippen LogP contribution in [0.25, 0.3) is 0 Å². The number of nitrogens with one attached hydrogen (secondary N) is 2. The van der Waals surface area contributed by atoms with Gasteiger partial charge in [-0.3, -0.25) is 14.9 Å². The van der Waals surface area contributed by atoms with E-state index >= 15 is 0 Å². The number of nitro groups is 1. The summed E-state index contributed by atoms with van der Waals surface area (Å²) in [5.74, 6) is 0.00190. The molecule has 1 amide bonds. The van der Waals surface area contributed by atoms with Crippen LogP contribution in [-0.2, 0) is 4.79 Å². The molecule has 8 heteroatoms. The van der Waals surface area contributed by atoms with Gasteiger partial charge in [0, 0.05) is 29.6 Å². The van der Waals surface area contributed by atoms with Gasteiger partial charge in [0.25, 0.3) is 5.69 Å². The van der Waals surface area contributed by atoms with Crippen LogP contribution in [0.2, 0.25) is 0 Å². The first-order valence-electron chi connectivity index (χ1n) is 6.48. The zero-order chi connectivity index (χ0) is 14.5. The topological polar surface area (TPSA) is 84.3 Å². The molecule has 1 aliphatic heterocycles. The molecule has 2 atom stereocenters. The van der Waals surface area contributed by atoms with Crippen LogP contribution >= 0.6 is 24.2 Å². The van der Waals surface area contributed by atoms with Gasteiger partial charge in [-0.05, 0) is 32.0 Å². The number of halogens is 1. The minimum atomic E-state index is -0.433. The molecule has 0 spiro atoms. The standard InChI is InChI=1S/C13H17N3O3S.ClH/c1-9(13(17)15-10-6-7-14-8-10)20-12-4-2-11(3-5-12)16(18)19;/h2-5,9-10,14H,6-8H2,1H3,(H,15,17);1H. The quantitative estimate of drug-likeness (QED) is 0.489. The first kappa shape index (κ1) is 17.7. The Labute approximate surface area is 133 Å². The van der Waals surface area contributed by atoms with Gasteiger partial charge in [-0.15, -0.1) is 24.2 Å². The van der Waals surface area contributed by atoms with Crippen LogP contribution in [0.3, 0.4) is 0 Å². The maximum atomic E-state index is 12.0. The number of rotatable bonds is 5. The number of carbonyl (C=O) groups excluding carboxylic acids is 1. The fraction of sp³-hybridized carbons (Fsp3) is 0.462. The lowest BCUT2D eigenvalue weighted by Gasteiger charge is -2.15. The number of amides is 1. The van der Waals surface area contributed by atoms with E-state index in [4.69, 9.17) is 0 Å². The minimum Gasteiger partial charge on any atom is -0.351 e. The second kappa shape index (κ2) is 8.21. The highest BCUT2D eigenvalue weighted by atomic mass is 35.5. The van der Waals surface area contributed by atoms with E-state index in [0.29, 0.717) is 0 Å². The monoisotopic (exact) mass is 331 g/mol. The third kappa shape index (κ3) is 5.18. The van der Waals surface area contributed by atoms with Crippen molar-refractivity contribution in [2.75, 3.05) is 13.1 Å². The molecule has 1 aromatic rings. The van der Waals surface area contributed by atoms with Gasteiger partial charge in [0.05, 0.1) is 10.2 Å². The predicted molar refractivity (Wildman–Crippen MR) is 85.1 cm³/mol. The molecule has 0 aliphatic carbocycles. The molecule has 1 fully saturated rings. The normalized spacial score (nSPS) is 18.6. The first-order valence-corrected chi connectivity index (χ1v) is 7.36. The number of nitro benzene ring substituents is 1. The van der Waals surface area contributed by atoms with Crippen LogP contribution in [0.15, 0.2) is 29.2 Å². The van der Waals surface area contributed by atoms with Crippen molar-refractivity contribution in [3.05, 3.63) is 34.4 Å². The van der Waals surface area contributed by atoms with Crippen LogP contribution in [0, 0.1) is 10.1 Å². The fourth-order valence-electron chi connectivity index (χ4n) is 2.00. The summed E-state index contributed by atoms with van der Waals surface area (Å²) in [7, 11) is 0. The highest BCUT2D eigenvalue weighted by Gasteiger charge is 2.21. The maximum Gasteiger partial charge on any atom is 0.269 e. The maximum absolute atomic E-state index is 12.0. The van der Waals surface area contributed by atoms with Crippen LogP contribution < -0.4 is 10.6 Å². The van der Waals surface area contributed by atoms with Crippen LogP contribution in [-0.4, -0.2) is 35.2 Å². The van der Waals surface area contributed by atoms with Gasteiger partial charge in [0.15, 0.2) is 0 Å². The molecule has 2 unspecified atom stereocenters. The average Bonchev–Trinajstić information content (AvgIpc) is 2.92. The van der Waals surface area contributed by atoms with E-state index in [2.05, 4.69) is 10.6 Å². The lowest BCUT2D eigenvalue weighted by Crippen LogP contribution is -2.40. The molecule has 0 bridgehead atoms. The lowest BCUT2D eigenvalue weighted by atomic mass is 10.2. The number of benzene rings is 1. The van der Waals surface area contributed by atoms with Gasteiger partial charge in [0.1, 0.15) is 0 Å². The lowest BCUT2D eigenvalue weighted by molar-refractivity contribution is -0.384. The van der Waals surface area contributed by atoms with Crippen LogP contribution in [0.4, 0.5) is 5.69 Å². The number of carbonyl (C=O) groups is 1. The number of nitrogens with zero attached hydrogens (tertiary/aromatic N) is 1. The molecule has 0 saturated carbocycles. The zero-order valence-electron chi connectivity index (χ0n) is 11.6. The van der Waals surface area contributed by atoms with Crippen molar-refractivity contribution in [2.24, 2.45) is 0 Å². The summed E-state index contributed by atoms with van der Waals surface area (Å²) in [6, 6.07) is 6.46. The number of thioether (sulfide) groups is 1. The molecule has 1 aliphatic rings. The number of hydrogen-bond donors (Lipinski definition) is 2. The van der Waals surface area contributed by atoms with Crippen molar-refractivity contribution in [3.8, 4) is 0 Å². The van der Waals surface area contributed by atoms with E-state index < -0.39 is 4.92 Å². The molecule has 21 heavy (non-hydrogen) atoms. The van der Waals surface area contributed by atoms with Gasteiger partial charge in [-0.25, -0.2) is 0 Å². The summed E-state index contributed by atoms with van der Waals surface area (Å²) >= 11 is 1.40. The molecular formula is C13H18ClN3O3S. The van der Waals surface area contributed by atoms with Crippen molar-refractivity contribution >= 4 is 35.8 Å². The Hall–Kier alpha value is -1.31. The summed E-state index contributed by atoms with van der Waals surface area (Å²) < 4.78 is 0. The SMILES string of the molecule is CC(Sc1ccc([N+](=O)[O-])cc1)C(=O)NC1CCNC1.Cl.